The summed E-state index contributed by atoms with van der Waals surface area (Å²) < 4.78 is 1.77. The number of nitrogens with zero attached hydrogens (tertiary/aromatic N) is 9. The van der Waals surface area contributed by atoms with Gasteiger partial charge in [0.05, 0.1) is 17.1 Å². The Bertz CT molecular complexity index is 1710. The highest BCUT2D eigenvalue weighted by Crippen LogP contribution is 2.31. The zero-order chi connectivity index (χ0) is 28.0. The maximum Gasteiger partial charge on any atom is 0.206 e. The highest BCUT2D eigenvalue weighted by atomic mass is 16.3. The number of nitrogens with two attached hydrogens (primary N) is 1. The molecule has 0 bridgehead atoms. The minimum Gasteiger partial charge on any atom is -0.507 e. The number of phenols is 1. The third kappa shape index (κ3) is 5.91. The van der Waals surface area contributed by atoms with Crippen LogP contribution in [0.2, 0.25) is 0 Å². The molecule has 0 aliphatic carbocycles. The Morgan fingerprint density at radius 3 is 2.56 bits per heavy atom. The molecule has 0 atom stereocenters. The Labute approximate surface area is 237 Å². The van der Waals surface area contributed by atoms with E-state index in [9.17, 15) is 5.11 Å². The predicted molar refractivity (Wildman–Crippen MR) is 157 cm³/mol. The van der Waals surface area contributed by atoms with Gasteiger partial charge in [0.2, 0.25) is 5.82 Å². The van der Waals surface area contributed by atoms with Crippen LogP contribution in [0.25, 0.3) is 22.6 Å². The number of para-hydroxylation sites is 1. The van der Waals surface area contributed by atoms with Crippen molar-refractivity contribution < 1.29 is 5.11 Å². The Kier molecular flexibility index (Phi) is 7.36. The van der Waals surface area contributed by atoms with Gasteiger partial charge in [0, 0.05) is 50.3 Å². The molecule has 11 heteroatoms. The van der Waals surface area contributed by atoms with Crippen LogP contribution in [0.15, 0.2) is 79.3 Å². The lowest BCUT2D eigenvalue weighted by Crippen LogP contribution is -2.31. The zero-order valence-electron chi connectivity index (χ0n) is 22.3. The van der Waals surface area contributed by atoms with Crippen molar-refractivity contribution in [2.45, 2.75) is 13.0 Å². The van der Waals surface area contributed by atoms with Crippen molar-refractivity contribution in [2.24, 2.45) is 0 Å². The van der Waals surface area contributed by atoms with E-state index >= 15 is 0 Å². The molecule has 204 valence electrons. The molecule has 5 heterocycles. The molecule has 1 aliphatic rings. The van der Waals surface area contributed by atoms with Gasteiger partial charge in [-0.25, -0.2) is 9.97 Å². The van der Waals surface area contributed by atoms with E-state index in [0.29, 0.717) is 29.4 Å². The molecule has 3 N–H and O–H groups in total. The molecule has 0 spiro atoms. The molecule has 11 nitrogen and oxygen atoms in total. The van der Waals surface area contributed by atoms with Crippen LogP contribution in [0.5, 0.6) is 5.75 Å². The summed E-state index contributed by atoms with van der Waals surface area (Å²) in [6.45, 7) is 3.51. The maximum atomic E-state index is 10.3. The van der Waals surface area contributed by atoms with Crippen molar-refractivity contribution in [2.75, 3.05) is 41.7 Å². The molecule has 41 heavy (non-hydrogen) atoms. The molecule has 0 amide bonds. The Balaban J connectivity index is 1.12. The molecule has 0 saturated carbocycles. The molecule has 0 unspecified atom stereocenters. The molecule has 1 saturated heterocycles. The average molecular weight is 545 g/mol. The van der Waals surface area contributed by atoms with E-state index in [-0.39, 0.29) is 5.75 Å². The lowest BCUT2D eigenvalue weighted by molar-refractivity contribution is 0.477. The zero-order valence-corrected chi connectivity index (χ0v) is 22.3. The molecule has 1 aliphatic heterocycles. The van der Waals surface area contributed by atoms with Crippen LogP contribution in [0.4, 0.5) is 17.3 Å². The molecular weight excluding hydrogens is 516 g/mol. The summed E-state index contributed by atoms with van der Waals surface area (Å²) in [7, 11) is 0. The molecular formula is C30H28N10O. The van der Waals surface area contributed by atoms with Gasteiger partial charge >= 0.3 is 0 Å². The number of hydrogen-bond acceptors (Lipinski definition) is 10. The van der Waals surface area contributed by atoms with E-state index in [4.69, 9.17) is 10.7 Å². The number of pyridine rings is 1. The summed E-state index contributed by atoms with van der Waals surface area (Å²) in [4.78, 5) is 17.8. The van der Waals surface area contributed by atoms with Crippen molar-refractivity contribution in [3.05, 3.63) is 85.1 Å². The highest BCUT2D eigenvalue weighted by molar-refractivity contribution is 5.74. The van der Waals surface area contributed by atoms with E-state index in [2.05, 4.69) is 46.9 Å². The number of aromatic nitrogens is 7. The van der Waals surface area contributed by atoms with E-state index in [1.54, 1.807) is 29.2 Å². The van der Waals surface area contributed by atoms with Gasteiger partial charge in [-0.2, -0.15) is 5.10 Å². The van der Waals surface area contributed by atoms with Gasteiger partial charge in [-0.05, 0) is 54.8 Å². The second-order valence-electron chi connectivity index (χ2n) is 9.50. The topological polar surface area (TPSA) is 135 Å². The Morgan fingerprint density at radius 1 is 0.829 bits per heavy atom. The summed E-state index contributed by atoms with van der Waals surface area (Å²) >= 11 is 0. The summed E-state index contributed by atoms with van der Waals surface area (Å²) in [6.07, 6.45) is 6.28. The number of phenolic OH excluding ortho intramolecular Hbond substituents is 1. The summed E-state index contributed by atoms with van der Waals surface area (Å²) in [5.41, 5.74) is 9.87. The summed E-state index contributed by atoms with van der Waals surface area (Å²) in [5.74, 6) is 8.00. The van der Waals surface area contributed by atoms with Crippen molar-refractivity contribution >= 4 is 17.3 Å². The molecule has 5 aromatic rings. The molecule has 0 radical (unpaired) electrons. The van der Waals surface area contributed by atoms with Crippen LogP contribution >= 0.6 is 0 Å². The third-order valence-corrected chi connectivity index (χ3v) is 6.79. The fraction of sp³-hybridized carbons (Fsp3) is 0.200. The van der Waals surface area contributed by atoms with Crippen LogP contribution in [-0.4, -0.2) is 66.2 Å². The van der Waals surface area contributed by atoms with Crippen LogP contribution in [0.1, 0.15) is 12.2 Å². The smallest absolute Gasteiger partial charge is 0.206 e. The normalized spacial score (nSPS) is 13.4. The summed E-state index contributed by atoms with van der Waals surface area (Å²) in [5, 5.41) is 23.2. The van der Waals surface area contributed by atoms with Crippen LogP contribution in [0.3, 0.4) is 0 Å². The number of anilines is 3. The van der Waals surface area contributed by atoms with Gasteiger partial charge in [0.1, 0.15) is 23.8 Å². The van der Waals surface area contributed by atoms with E-state index in [0.717, 1.165) is 55.5 Å². The van der Waals surface area contributed by atoms with Crippen LogP contribution < -0.4 is 15.5 Å². The van der Waals surface area contributed by atoms with Crippen molar-refractivity contribution in [3.63, 3.8) is 0 Å². The van der Waals surface area contributed by atoms with Crippen LogP contribution in [0, 0.1) is 11.8 Å². The minimum absolute atomic E-state index is 0.154. The molecule has 6 rings (SSSR count). The number of nitrogen functional groups attached to an aromatic ring is 1. The minimum atomic E-state index is 0.154. The maximum absolute atomic E-state index is 10.3. The van der Waals surface area contributed by atoms with E-state index in [1.807, 2.05) is 54.7 Å². The fourth-order valence-electron chi connectivity index (χ4n) is 4.74. The SMILES string of the molecule is Nc1nnc(-c2ccccc2O)cc1N1CCCN(c2ccnc(C#CCn3ccc(-c4ccccn4)n3)n2)CC1. The number of aromatic hydroxyl groups is 1. The first kappa shape index (κ1) is 25.8. The third-order valence-electron chi connectivity index (χ3n) is 6.79. The monoisotopic (exact) mass is 544 g/mol. The largest absolute Gasteiger partial charge is 0.507 e. The van der Waals surface area contributed by atoms with Crippen LogP contribution in [-0.2, 0) is 6.54 Å². The first-order valence-corrected chi connectivity index (χ1v) is 13.3. The van der Waals surface area contributed by atoms with Gasteiger partial charge in [0.25, 0.3) is 0 Å². The lowest BCUT2D eigenvalue weighted by Gasteiger charge is -2.25. The van der Waals surface area contributed by atoms with Crippen molar-refractivity contribution in [1.82, 2.24) is 34.9 Å². The average Bonchev–Trinajstić information content (AvgIpc) is 3.34. The van der Waals surface area contributed by atoms with Gasteiger partial charge in [0.15, 0.2) is 5.82 Å². The first-order chi connectivity index (χ1) is 20.1. The second kappa shape index (κ2) is 11.7. The molecule has 4 aromatic heterocycles. The lowest BCUT2D eigenvalue weighted by atomic mass is 10.1. The first-order valence-electron chi connectivity index (χ1n) is 13.3. The van der Waals surface area contributed by atoms with Gasteiger partial charge in [-0.3, -0.25) is 9.67 Å². The number of benzene rings is 1. The van der Waals surface area contributed by atoms with Crippen molar-refractivity contribution in [3.8, 4) is 40.2 Å². The Morgan fingerprint density at radius 2 is 1.68 bits per heavy atom. The number of hydrogen-bond donors (Lipinski definition) is 2. The quantitative estimate of drug-likeness (QED) is 0.318. The molecule has 1 fully saturated rings. The second-order valence-corrected chi connectivity index (χ2v) is 9.50. The molecule has 1 aromatic carbocycles. The standard InChI is InChI=1S/C30H28N10O/c31-30-26(21-25(35-36-30)22-7-1-2-9-27(22)41)38-15-6-16-39(20-19-38)29-11-14-33-28(34-29)10-5-17-40-18-12-24(37-40)23-8-3-4-13-32-23/h1-4,7-9,11-14,18,21,41H,6,15-17,19-20H2,(H2,31,36). The van der Waals surface area contributed by atoms with Gasteiger partial charge < -0.3 is 20.6 Å². The van der Waals surface area contributed by atoms with E-state index < -0.39 is 0 Å². The van der Waals surface area contributed by atoms with E-state index in [1.165, 1.54) is 0 Å². The fourth-order valence-corrected chi connectivity index (χ4v) is 4.74. The predicted octanol–water partition coefficient (Wildman–Crippen LogP) is 3.25. The highest BCUT2D eigenvalue weighted by Gasteiger charge is 2.20. The number of rotatable bonds is 5. The van der Waals surface area contributed by atoms with Gasteiger partial charge in [-0.1, -0.05) is 24.1 Å². The Hall–Kier alpha value is -5.50. The summed E-state index contributed by atoms with van der Waals surface area (Å²) in [6, 6.07) is 18.5. The van der Waals surface area contributed by atoms with Gasteiger partial charge in [-0.15, -0.1) is 10.2 Å². The van der Waals surface area contributed by atoms with Crippen molar-refractivity contribution in [1.29, 1.82) is 0 Å².